The lowest BCUT2D eigenvalue weighted by Crippen LogP contribution is -2.19. The van der Waals surface area contributed by atoms with Gasteiger partial charge in [0, 0.05) is 6.20 Å². The van der Waals surface area contributed by atoms with Crippen molar-refractivity contribution in [3.63, 3.8) is 0 Å². The molecule has 12 heteroatoms. The molecule has 29 heavy (non-hydrogen) atoms. The number of nitrogens with one attached hydrogen (secondary N) is 1. The van der Waals surface area contributed by atoms with Crippen LogP contribution in [-0.2, 0) is 0 Å². The topological polar surface area (TPSA) is 119 Å². The van der Waals surface area contributed by atoms with Gasteiger partial charge < -0.3 is 5.11 Å². The van der Waals surface area contributed by atoms with Gasteiger partial charge in [-0.15, -0.1) is 0 Å². The third-order valence-corrected chi connectivity index (χ3v) is 5.02. The van der Waals surface area contributed by atoms with Crippen LogP contribution in [0.3, 0.4) is 0 Å². The van der Waals surface area contributed by atoms with Gasteiger partial charge in [-0.1, -0.05) is 29.3 Å². The third-order valence-electron chi connectivity index (χ3n) is 4.28. The van der Waals surface area contributed by atoms with Gasteiger partial charge in [-0.05, 0) is 24.6 Å². The van der Waals surface area contributed by atoms with Crippen LogP contribution in [0.25, 0.3) is 17.0 Å². The first kappa shape index (κ1) is 20.9. The minimum absolute atomic E-state index is 0. The minimum atomic E-state index is -1.13. The zero-order valence-electron chi connectivity index (χ0n) is 14.8. The monoisotopic (exact) mass is 452 g/mol. The van der Waals surface area contributed by atoms with Gasteiger partial charge in [0.15, 0.2) is 5.52 Å². The van der Waals surface area contributed by atoms with Crippen LogP contribution in [0.2, 0.25) is 10.0 Å². The Balaban J connectivity index is 0.00000240. The number of H-pyrrole nitrogens is 1. The number of fused-ring (bicyclic) bond motifs is 1. The SMILES string of the molecule is C[C@@H](c1ccc(Cl)c(Cl)c1)n1ncc2nc(-n3cc(C(=O)O)cn3)[nH]c(=O)c21.S. The largest absolute Gasteiger partial charge is 0.478 e. The van der Waals surface area contributed by atoms with E-state index < -0.39 is 11.5 Å². The molecular weight excluding hydrogens is 439 g/mol. The van der Waals surface area contributed by atoms with E-state index in [9.17, 15) is 9.59 Å². The summed E-state index contributed by atoms with van der Waals surface area (Å²) in [4.78, 5) is 30.6. The molecule has 0 aliphatic carbocycles. The first-order valence-corrected chi connectivity index (χ1v) is 8.81. The summed E-state index contributed by atoms with van der Waals surface area (Å²) in [6, 6.07) is 4.90. The van der Waals surface area contributed by atoms with Crippen molar-refractivity contribution >= 4 is 53.7 Å². The van der Waals surface area contributed by atoms with Gasteiger partial charge >= 0.3 is 5.97 Å². The van der Waals surface area contributed by atoms with E-state index in [4.69, 9.17) is 28.3 Å². The normalized spacial score (nSPS) is 12.0. The average molecular weight is 453 g/mol. The lowest BCUT2D eigenvalue weighted by atomic mass is 10.1. The van der Waals surface area contributed by atoms with Crippen molar-refractivity contribution < 1.29 is 9.90 Å². The second-order valence-electron chi connectivity index (χ2n) is 6.04. The highest BCUT2D eigenvalue weighted by atomic mass is 35.5. The molecule has 0 aliphatic rings. The number of carboxylic acid groups (broad SMARTS) is 1. The number of aromatic nitrogens is 6. The molecule has 9 nitrogen and oxygen atoms in total. The molecule has 3 heterocycles. The number of halogens is 2. The maximum absolute atomic E-state index is 12.7. The molecule has 0 spiro atoms. The van der Waals surface area contributed by atoms with Crippen LogP contribution < -0.4 is 5.56 Å². The molecule has 0 radical (unpaired) electrons. The van der Waals surface area contributed by atoms with E-state index in [-0.39, 0.29) is 36.6 Å². The predicted octanol–water partition coefficient (Wildman–Crippen LogP) is 3.03. The zero-order valence-corrected chi connectivity index (χ0v) is 17.3. The third kappa shape index (κ3) is 3.74. The fraction of sp³-hybridized carbons (Fsp3) is 0.118. The molecule has 3 aromatic heterocycles. The number of nitrogens with zero attached hydrogens (tertiary/aromatic N) is 5. The summed E-state index contributed by atoms with van der Waals surface area (Å²) >= 11 is 12.1. The summed E-state index contributed by atoms with van der Waals surface area (Å²) in [5.74, 6) is -1.04. The number of rotatable bonds is 4. The maximum atomic E-state index is 12.7. The van der Waals surface area contributed by atoms with E-state index in [1.807, 2.05) is 6.92 Å². The van der Waals surface area contributed by atoms with Crippen LogP contribution in [-0.4, -0.2) is 40.6 Å². The molecule has 1 aromatic carbocycles. The number of aromatic amines is 1. The molecule has 0 unspecified atom stereocenters. The molecule has 4 aromatic rings. The Morgan fingerprint density at radius 2 is 1.97 bits per heavy atom. The van der Waals surface area contributed by atoms with Gasteiger partial charge in [0.1, 0.15) is 5.52 Å². The number of carbonyl (C=O) groups is 1. The zero-order chi connectivity index (χ0) is 20.0. The van der Waals surface area contributed by atoms with Crippen molar-refractivity contribution in [1.29, 1.82) is 0 Å². The lowest BCUT2D eigenvalue weighted by molar-refractivity contribution is 0.0697. The highest BCUT2D eigenvalue weighted by molar-refractivity contribution is 7.59. The number of hydrogen-bond donors (Lipinski definition) is 2. The Morgan fingerprint density at radius 1 is 1.21 bits per heavy atom. The fourth-order valence-electron chi connectivity index (χ4n) is 2.82. The fourth-order valence-corrected chi connectivity index (χ4v) is 3.13. The minimum Gasteiger partial charge on any atom is -0.478 e. The van der Waals surface area contributed by atoms with Gasteiger partial charge in [0.2, 0.25) is 5.95 Å². The second kappa shape index (κ2) is 7.90. The van der Waals surface area contributed by atoms with E-state index in [2.05, 4.69) is 20.2 Å². The molecule has 0 saturated heterocycles. The Bertz CT molecular complexity index is 1280. The van der Waals surface area contributed by atoms with Gasteiger partial charge in [-0.3, -0.25) is 14.5 Å². The Hall–Kier alpha value is -2.82. The molecule has 150 valence electrons. The predicted molar refractivity (Wildman–Crippen MR) is 113 cm³/mol. The van der Waals surface area contributed by atoms with E-state index >= 15 is 0 Å². The highest BCUT2D eigenvalue weighted by Crippen LogP contribution is 2.28. The molecular formula is C17H14Cl2N6O3S. The van der Waals surface area contributed by atoms with E-state index in [0.717, 1.165) is 5.56 Å². The molecule has 0 saturated carbocycles. The number of carboxylic acids is 1. The highest BCUT2D eigenvalue weighted by Gasteiger charge is 2.18. The first-order chi connectivity index (χ1) is 13.3. The maximum Gasteiger partial charge on any atom is 0.338 e. The van der Waals surface area contributed by atoms with E-state index in [1.54, 1.807) is 18.2 Å². The molecule has 1 atom stereocenters. The van der Waals surface area contributed by atoms with Crippen LogP contribution >= 0.6 is 36.7 Å². The molecule has 0 fully saturated rings. The van der Waals surface area contributed by atoms with Crippen LogP contribution in [0.1, 0.15) is 28.9 Å². The lowest BCUT2D eigenvalue weighted by Gasteiger charge is -2.14. The van der Waals surface area contributed by atoms with Crippen molar-refractivity contribution in [3.8, 4) is 5.95 Å². The summed E-state index contributed by atoms with van der Waals surface area (Å²) in [6.07, 6.45) is 3.89. The Labute approximate surface area is 180 Å². The Morgan fingerprint density at radius 3 is 2.62 bits per heavy atom. The number of hydrogen-bond acceptors (Lipinski definition) is 5. The number of aromatic carboxylic acids is 1. The van der Waals surface area contributed by atoms with Gasteiger partial charge in [-0.25, -0.2) is 14.5 Å². The van der Waals surface area contributed by atoms with Crippen molar-refractivity contribution in [2.45, 2.75) is 13.0 Å². The van der Waals surface area contributed by atoms with Gasteiger partial charge in [0.05, 0.1) is 34.0 Å². The molecule has 2 N–H and O–H groups in total. The molecule has 0 aliphatic heterocycles. The summed E-state index contributed by atoms with van der Waals surface area (Å²) in [7, 11) is 0. The van der Waals surface area contributed by atoms with E-state index in [1.165, 1.54) is 28.0 Å². The standard InChI is InChI=1S/C17H12Cl2N6O3.H2S/c1-8(9-2-3-11(18)12(19)4-9)25-14-13(6-21-25)22-17(23-15(14)26)24-7-10(5-20-24)16(27)28;/h2-8H,1H3,(H,27,28)(H,22,23,26);1H2/t8-;/m0./s1. The molecule has 4 rings (SSSR count). The quantitative estimate of drug-likeness (QED) is 0.491. The first-order valence-electron chi connectivity index (χ1n) is 8.06. The summed E-state index contributed by atoms with van der Waals surface area (Å²) in [5, 5.41) is 18.0. The van der Waals surface area contributed by atoms with Crippen molar-refractivity contribution in [2.24, 2.45) is 0 Å². The van der Waals surface area contributed by atoms with E-state index in [0.29, 0.717) is 15.6 Å². The van der Waals surface area contributed by atoms with Crippen LogP contribution in [0.15, 0.2) is 41.6 Å². The average Bonchev–Trinajstić information content (AvgIpc) is 3.30. The molecule has 0 amide bonds. The van der Waals surface area contributed by atoms with Gasteiger partial charge in [-0.2, -0.15) is 23.7 Å². The Kier molecular flexibility index (Phi) is 5.69. The van der Waals surface area contributed by atoms with Crippen molar-refractivity contribution in [3.05, 3.63) is 68.3 Å². The summed E-state index contributed by atoms with van der Waals surface area (Å²) < 4.78 is 2.72. The number of benzene rings is 1. The van der Waals surface area contributed by atoms with Crippen LogP contribution in [0.5, 0.6) is 0 Å². The van der Waals surface area contributed by atoms with Crippen molar-refractivity contribution in [1.82, 2.24) is 29.5 Å². The van der Waals surface area contributed by atoms with Gasteiger partial charge in [0.25, 0.3) is 5.56 Å². The van der Waals surface area contributed by atoms with Crippen LogP contribution in [0.4, 0.5) is 0 Å². The molecule has 0 bridgehead atoms. The summed E-state index contributed by atoms with van der Waals surface area (Å²) in [5.41, 5.74) is 0.982. The summed E-state index contributed by atoms with van der Waals surface area (Å²) in [6.45, 7) is 1.87. The van der Waals surface area contributed by atoms with Crippen molar-refractivity contribution in [2.75, 3.05) is 0 Å². The smallest absolute Gasteiger partial charge is 0.338 e. The second-order valence-corrected chi connectivity index (χ2v) is 6.86. The van der Waals surface area contributed by atoms with Crippen LogP contribution in [0, 0.1) is 0 Å².